The van der Waals surface area contributed by atoms with Crippen molar-refractivity contribution in [2.45, 2.75) is 39.2 Å². The van der Waals surface area contributed by atoms with Crippen LogP contribution in [0.25, 0.3) is 0 Å². The fraction of sp³-hybridized carbons (Fsp3) is 0.588. The van der Waals surface area contributed by atoms with Crippen LogP contribution in [0.5, 0.6) is 0 Å². The SMILES string of the molecule is CC(C)(CO)CCCNC(=O)C1OCCc2ccccc21. The van der Waals surface area contributed by atoms with E-state index in [1.807, 2.05) is 32.0 Å². The van der Waals surface area contributed by atoms with Crippen LogP contribution < -0.4 is 5.32 Å². The van der Waals surface area contributed by atoms with E-state index in [1.165, 1.54) is 5.56 Å². The molecule has 1 heterocycles. The van der Waals surface area contributed by atoms with Crippen LogP contribution in [-0.2, 0) is 16.0 Å². The summed E-state index contributed by atoms with van der Waals surface area (Å²) in [6.07, 6.45) is 2.12. The molecule has 4 heteroatoms. The first-order valence-electron chi connectivity index (χ1n) is 7.61. The summed E-state index contributed by atoms with van der Waals surface area (Å²) in [6, 6.07) is 7.96. The molecule has 0 saturated heterocycles. The Morgan fingerprint density at radius 2 is 2.19 bits per heavy atom. The van der Waals surface area contributed by atoms with Gasteiger partial charge in [-0.3, -0.25) is 4.79 Å². The summed E-state index contributed by atoms with van der Waals surface area (Å²) in [7, 11) is 0. The molecule has 0 aliphatic carbocycles. The fourth-order valence-electron chi connectivity index (χ4n) is 2.56. The van der Waals surface area contributed by atoms with Gasteiger partial charge in [0.25, 0.3) is 5.91 Å². The van der Waals surface area contributed by atoms with E-state index >= 15 is 0 Å². The minimum atomic E-state index is -0.485. The summed E-state index contributed by atoms with van der Waals surface area (Å²) >= 11 is 0. The largest absolute Gasteiger partial charge is 0.396 e. The lowest BCUT2D eigenvalue weighted by Crippen LogP contribution is -2.34. The Kier molecular flexibility index (Phi) is 5.37. The van der Waals surface area contributed by atoms with Crippen LogP contribution in [-0.4, -0.2) is 30.8 Å². The van der Waals surface area contributed by atoms with E-state index in [0.717, 1.165) is 24.8 Å². The first-order chi connectivity index (χ1) is 10.0. The number of fused-ring (bicyclic) bond motifs is 1. The Balaban J connectivity index is 1.85. The lowest BCUT2D eigenvalue weighted by atomic mass is 9.89. The van der Waals surface area contributed by atoms with E-state index in [-0.39, 0.29) is 17.9 Å². The van der Waals surface area contributed by atoms with Crippen LogP contribution >= 0.6 is 0 Å². The molecule has 1 aliphatic rings. The third-order valence-corrected chi connectivity index (χ3v) is 3.99. The quantitative estimate of drug-likeness (QED) is 0.790. The van der Waals surface area contributed by atoms with E-state index in [4.69, 9.17) is 4.74 Å². The molecule has 0 fully saturated rings. The van der Waals surface area contributed by atoms with E-state index < -0.39 is 6.10 Å². The minimum absolute atomic E-state index is 0.0658. The molecular formula is C17H25NO3. The molecule has 0 saturated carbocycles. The van der Waals surface area contributed by atoms with Gasteiger partial charge in [-0.25, -0.2) is 0 Å². The number of aliphatic hydroxyl groups excluding tert-OH is 1. The number of carbonyl (C=O) groups excluding carboxylic acids is 1. The second-order valence-electron chi connectivity index (χ2n) is 6.42. The molecule has 1 aromatic carbocycles. The number of aliphatic hydroxyl groups is 1. The summed E-state index contributed by atoms with van der Waals surface area (Å²) in [6.45, 7) is 5.42. The molecule has 1 aliphatic heterocycles. The summed E-state index contributed by atoms with van der Waals surface area (Å²) in [5.41, 5.74) is 2.10. The average Bonchev–Trinajstić information content (AvgIpc) is 2.51. The van der Waals surface area contributed by atoms with Gasteiger partial charge in [-0.1, -0.05) is 38.1 Å². The standard InChI is InChI=1S/C17H25NO3/c1-17(2,12-19)9-5-10-18-16(20)15-14-7-4-3-6-13(14)8-11-21-15/h3-4,6-7,15,19H,5,8-12H2,1-2H3,(H,18,20). The fourth-order valence-corrected chi connectivity index (χ4v) is 2.56. The van der Waals surface area contributed by atoms with Gasteiger partial charge in [0.05, 0.1) is 6.61 Å². The molecule has 1 atom stereocenters. The predicted molar refractivity (Wildman–Crippen MR) is 81.9 cm³/mol. The van der Waals surface area contributed by atoms with Crippen LogP contribution in [0, 0.1) is 5.41 Å². The Morgan fingerprint density at radius 1 is 1.43 bits per heavy atom. The first kappa shape index (κ1) is 16.0. The molecule has 0 radical (unpaired) electrons. The van der Waals surface area contributed by atoms with Crippen LogP contribution in [0.2, 0.25) is 0 Å². The maximum absolute atomic E-state index is 12.3. The zero-order valence-electron chi connectivity index (χ0n) is 12.9. The van der Waals surface area contributed by atoms with Gasteiger partial charge in [-0.2, -0.15) is 0 Å². The van der Waals surface area contributed by atoms with Gasteiger partial charge in [0.2, 0.25) is 0 Å². The maximum atomic E-state index is 12.3. The highest BCUT2D eigenvalue weighted by molar-refractivity contribution is 5.82. The molecule has 2 N–H and O–H groups in total. The van der Waals surface area contributed by atoms with Crippen molar-refractivity contribution in [3.05, 3.63) is 35.4 Å². The molecule has 1 unspecified atom stereocenters. The smallest absolute Gasteiger partial charge is 0.253 e. The molecule has 2 rings (SSSR count). The second kappa shape index (κ2) is 7.05. The summed E-state index contributed by atoms with van der Waals surface area (Å²) in [5.74, 6) is -0.0658. The number of hydrogen-bond acceptors (Lipinski definition) is 3. The van der Waals surface area contributed by atoms with E-state index in [9.17, 15) is 9.90 Å². The number of rotatable bonds is 6. The highest BCUT2D eigenvalue weighted by Gasteiger charge is 2.26. The number of benzene rings is 1. The van der Waals surface area contributed by atoms with Crippen LogP contribution in [0.3, 0.4) is 0 Å². The van der Waals surface area contributed by atoms with E-state index in [1.54, 1.807) is 0 Å². The normalized spacial score (nSPS) is 18.1. The molecule has 116 valence electrons. The number of nitrogens with one attached hydrogen (secondary N) is 1. The molecule has 0 bridgehead atoms. The number of hydrogen-bond donors (Lipinski definition) is 2. The first-order valence-corrected chi connectivity index (χ1v) is 7.61. The van der Waals surface area contributed by atoms with Crippen LogP contribution in [0.4, 0.5) is 0 Å². The minimum Gasteiger partial charge on any atom is -0.396 e. The van der Waals surface area contributed by atoms with Crippen molar-refractivity contribution in [3.8, 4) is 0 Å². The van der Waals surface area contributed by atoms with Gasteiger partial charge in [-0.15, -0.1) is 0 Å². The molecule has 21 heavy (non-hydrogen) atoms. The van der Waals surface area contributed by atoms with Gasteiger partial charge in [0.15, 0.2) is 6.10 Å². The van der Waals surface area contributed by atoms with Gasteiger partial charge < -0.3 is 15.2 Å². The van der Waals surface area contributed by atoms with Crippen molar-refractivity contribution < 1.29 is 14.6 Å². The van der Waals surface area contributed by atoms with Crippen molar-refractivity contribution in [1.82, 2.24) is 5.32 Å². The van der Waals surface area contributed by atoms with Crippen molar-refractivity contribution in [3.63, 3.8) is 0 Å². The van der Waals surface area contributed by atoms with E-state index in [2.05, 4.69) is 11.4 Å². The van der Waals surface area contributed by atoms with Crippen molar-refractivity contribution in [2.75, 3.05) is 19.8 Å². The number of carbonyl (C=O) groups is 1. The molecule has 1 aromatic rings. The highest BCUT2D eigenvalue weighted by atomic mass is 16.5. The zero-order valence-corrected chi connectivity index (χ0v) is 12.9. The Labute approximate surface area is 126 Å². The van der Waals surface area contributed by atoms with E-state index in [0.29, 0.717) is 13.2 Å². The van der Waals surface area contributed by atoms with Crippen LogP contribution in [0.15, 0.2) is 24.3 Å². The van der Waals surface area contributed by atoms with Crippen molar-refractivity contribution in [1.29, 1.82) is 0 Å². The maximum Gasteiger partial charge on any atom is 0.253 e. The Hall–Kier alpha value is -1.39. The average molecular weight is 291 g/mol. The van der Waals surface area contributed by atoms with Gasteiger partial charge in [0.1, 0.15) is 0 Å². The Morgan fingerprint density at radius 3 is 2.95 bits per heavy atom. The molecular weight excluding hydrogens is 266 g/mol. The van der Waals surface area contributed by atoms with Gasteiger partial charge >= 0.3 is 0 Å². The monoisotopic (exact) mass is 291 g/mol. The second-order valence-corrected chi connectivity index (χ2v) is 6.42. The number of amides is 1. The number of ether oxygens (including phenoxy) is 1. The molecule has 4 nitrogen and oxygen atoms in total. The summed E-state index contributed by atoms with van der Waals surface area (Å²) < 4.78 is 5.63. The van der Waals surface area contributed by atoms with Crippen LogP contribution in [0.1, 0.15) is 43.9 Å². The predicted octanol–water partition coefficient (Wildman–Crippen LogP) is 2.22. The molecule has 0 aromatic heterocycles. The lowest BCUT2D eigenvalue weighted by Gasteiger charge is -2.25. The highest BCUT2D eigenvalue weighted by Crippen LogP contribution is 2.27. The summed E-state index contributed by atoms with van der Waals surface area (Å²) in [4.78, 5) is 12.3. The molecule has 1 amide bonds. The summed E-state index contributed by atoms with van der Waals surface area (Å²) in [5, 5.41) is 12.2. The topological polar surface area (TPSA) is 58.6 Å². The third kappa shape index (κ3) is 4.29. The van der Waals surface area contributed by atoms with Crippen molar-refractivity contribution in [2.24, 2.45) is 5.41 Å². The Bertz CT molecular complexity index is 485. The third-order valence-electron chi connectivity index (χ3n) is 3.99. The molecule has 0 spiro atoms. The van der Waals surface area contributed by atoms with Gasteiger partial charge in [-0.05, 0) is 35.8 Å². The lowest BCUT2D eigenvalue weighted by molar-refractivity contribution is -0.134. The van der Waals surface area contributed by atoms with Crippen molar-refractivity contribution >= 4 is 5.91 Å². The zero-order chi connectivity index (χ0) is 15.3. The van der Waals surface area contributed by atoms with Gasteiger partial charge in [0, 0.05) is 13.2 Å².